The second-order valence-corrected chi connectivity index (χ2v) is 6.88. The van der Waals surface area contributed by atoms with Crippen molar-refractivity contribution in [2.75, 3.05) is 27.2 Å². The molecule has 0 fully saturated rings. The van der Waals surface area contributed by atoms with Crippen LogP contribution < -0.4 is 10.0 Å². The normalized spacial score (nSPS) is 13.6. The third-order valence-electron chi connectivity index (χ3n) is 3.26. The van der Waals surface area contributed by atoms with E-state index in [9.17, 15) is 26.4 Å². The molecular formula is C14H20F3N3O3S. The molecule has 1 aromatic rings. The first-order valence-corrected chi connectivity index (χ1v) is 8.57. The monoisotopic (exact) mass is 367 g/mol. The zero-order valence-electron chi connectivity index (χ0n) is 13.5. The minimum atomic E-state index is -4.82. The van der Waals surface area contributed by atoms with Gasteiger partial charge in [0.05, 0.1) is 16.5 Å². The molecule has 136 valence electrons. The summed E-state index contributed by atoms with van der Waals surface area (Å²) in [6.45, 7) is 2.12. The summed E-state index contributed by atoms with van der Waals surface area (Å²) in [7, 11) is -1.33. The molecule has 1 unspecified atom stereocenters. The lowest BCUT2D eigenvalue weighted by Gasteiger charge is -2.22. The van der Waals surface area contributed by atoms with Crippen molar-refractivity contribution in [1.82, 2.24) is 14.9 Å². The number of amides is 1. The number of hydrogen-bond acceptors (Lipinski definition) is 4. The molecule has 0 heterocycles. The summed E-state index contributed by atoms with van der Waals surface area (Å²) in [5, 5.41) is 2.83. The number of likely N-dealkylation sites (N-methyl/N-ethyl adjacent to an activating group) is 2. The topological polar surface area (TPSA) is 78.5 Å². The smallest absolute Gasteiger partial charge is 0.343 e. The van der Waals surface area contributed by atoms with Crippen LogP contribution in [0.1, 0.15) is 12.5 Å². The van der Waals surface area contributed by atoms with Crippen LogP contribution in [0.3, 0.4) is 0 Å². The molecule has 6 nitrogen and oxygen atoms in total. The van der Waals surface area contributed by atoms with Crippen LogP contribution in [-0.2, 0) is 21.0 Å². The number of nitrogens with one attached hydrogen (secondary N) is 2. The summed E-state index contributed by atoms with van der Waals surface area (Å²) in [5.74, 6) is -0.543. The molecular weight excluding hydrogens is 347 g/mol. The maximum Gasteiger partial charge on any atom is 0.417 e. The van der Waals surface area contributed by atoms with Gasteiger partial charge >= 0.3 is 6.18 Å². The molecule has 1 rings (SSSR count). The van der Waals surface area contributed by atoms with E-state index < -0.39 is 38.6 Å². The number of carbonyl (C=O) groups is 1. The lowest BCUT2D eigenvalue weighted by Crippen LogP contribution is -2.47. The molecule has 0 saturated heterocycles. The van der Waals surface area contributed by atoms with Crippen LogP contribution in [0.5, 0.6) is 0 Å². The largest absolute Gasteiger partial charge is 0.417 e. The van der Waals surface area contributed by atoms with Gasteiger partial charge in [0.15, 0.2) is 0 Å². The third kappa shape index (κ3) is 5.18. The van der Waals surface area contributed by atoms with E-state index in [0.29, 0.717) is 19.2 Å². The van der Waals surface area contributed by atoms with Gasteiger partial charge in [0.25, 0.3) is 0 Å². The van der Waals surface area contributed by atoms with Crippen LogP contribution in [0, 0.1) is 0 Å². The predicted molar refractivity (Wildman–Crippen MR) is 82.8 cm³/mol. The predicted octanol–water partition coefficient (Wildman–Crippen LogP) is 1.05. The Hall–Kier alpha value is -1.65. The molecule has 0 aliphatic carbocycles. The maximum atomic E-state index is 13.0. The molecule has 0 radical (unpaired) electrons. The van der Waals surface area contributed by atoms with Gasteiger partial charge in [-0.05, 0) is 26.1 Å². The van der Waals surface area contributed by atoms with E-state index >= 15 is 0 Å². The number of alkyl halides is 3. The maximum absolute atomic E-state index is 13.0. The summed E-state index contributed by atoms with van der Waals surface area (Å²) < 4.78 is 65.4. The highest BCUT2D eigenvalue weighted by Crippen LogP contribution is 2.33. The van der Waals surface area contributed by atoms with Gasteiger partial charge in [-0.3, -0.25) is 4.79 Å². The van der Waals surface area contributed by atoms with Gasteiger partial charge in [0, 0.05) is 20.1 Å². The van der Waals surface area contributed by atoms with Crippen LogP contribution in [-0.4, -0.2) is 52.5 Å². The Balaban J connectivity index is 3.01. The molecule has 10 heteroatoms. The van der Waals surface area contributed by atoms with E-state index in [1.165, 1.54) is 24.9 Å². The molecule has 0 aromatic heterocycles. The van der Waals surface area contributed by atoms with Crippen molar-refractivity contribution >= 4 is 15.9 Å². The lowest BCUT2D eigenvalue weighted by atomic mass is 10.2. The van der Waals surface area contributed by atoms with Crippen molar-refractivity contribution in [3.8, 4) is 0 Å². The van der Waals surface area contributed by atoms with Crippen molar-refractivity contribution in [2.45, 2.75) is 24.0 Å². The number of carbonyl (C=O) groups excluding carboxylic acids is 1. The lowest BCUT2D eigenvalue weighted by molar-refractivity contribution is -0.139. The fourth-order valence-electron chi connectivity index (χ4n) is 2.00. The average Bonchev–Trinajstić information content (AvgIpc) is 2.50. The number of hydrogen-bond donors (Lipinski definition) is 2. The Morgan fingerprint density at radius 2 is 1.88 bits per heavy atom. The first-order valence-electron chi connectivity index (χ1n) is 7.09. The Bertz CT molecular complexity index is 677. The first-order chi connectivity index (χ1) is 11.0. The zero-order valence-corrected chi connectivity index (χ0v) is 14.3. The summed E-state index contributed by atoms with van der Waals surface area (Å²) in [4.78, 5) is 12.5. The fraction of sp³-hybridized carbons (Fsp3) is 0.500. The van der Waals surface area contributed by atoms with E-state index in [4.69, 9.17) is 0 Å². The molecule has 0 bridgehead atoms. The molecule has 2 N–H and O–H groups in total. The minimum Gasteiger partial charge on any atom is -0.343 e. The van der Waals surface area contributed by atoms with Gasteiger partial charge in [-0.1, -0.05) is 12.1 Å². The van der Waals surface area contributed by atoms with E-state index in [2.05, 4.69) is 5.32 Å². The van der Waals surface area contributed by atoms with E-state index in [1.54, 1.807) is 7.05 Å². The van der Waals surface area contributed by atoms with Crippen molar-refractivity contribution in [2.24, 2.45) is 0 Å². The van der Waals surface area contributed by atoms with Crippen LogP contribution in [0.25, 0.3) is 0 Å². The van der Waals surface area contributed by atoms with E-state index in [0.717, 1.165) is 12.1 Å². The molecule has 1 amide bonds. The Morgan fingerprint density at radius 1 is 1.29 bits per heavy atom. The Morgan fingerprint density at radius 3 is 2.42 bits per heavy atom. The summed E-state index contributed by atoms with van der Waals surface area (Å²) in [6, 6.07) is 2.63. The summed E-state index contributed by atoms with van der Waals surface area (Å²) >= 11 is 0. The first kappa shape index (κ1) is 20.4. The molecule has 0 saturated carbocycles. The molecule has 1 aromatic carbocycles. The molecule has 24 heavy (non-hydrogen) atoms. The average molecular weight is 367 g/mol. The minimum absolute atomic E-state index is 0.334. The van der Waals surface area contributed by atoms with Crippen molar-refractivity contribution in [3.05, 3.63) is 29.8 Å². The van der Waals surface area contributed by atoms with E-state index in [-0.39, 0.29) is 0 Å². The Kier molecular flexibility index (Phi) is 6.76. The van der Waals surface area contributed by atoms with Crippen LogP contribution in [0.2, 0.25) is 0 Å². The molecule has 1 atom stereocenters. The second-order valence-electron chi connectivity index (χ2n) is 5.20. The summed E-state index contributed by atoms with van der Waals surface area (Å²) in [5.41, 5.74) is -1.28. The number of sulfonamides is 1. The van der Waals surface area contributed by atoms with Crippen LogP contribution in [0.4, 0.5) is 13.2 Å². The molecule has 0 aliphatic rings. The third-order valence-corrected chi connectivity index (χ3v) is 4.86. The van der Waals surface area contributed by atoms with Gasteiger partial charge in [-0.2, -0.15) is 17.9 Å². The van der Waals surface area contributed by atoms with Crippen molar-refractivity contribution < 1.29 is 26.4 Å². The van der Waals surface area contributed by atoms with Gasteiger partial charge in [-0.15, -0.1) is 0 Å². The van der Waals surface area contributed by atoms with Crippen LogP contribution in [0.15, 0.2) is 29.2 Å². The van der Waals surface area contributed by atoms with Gasteiger partial charge in [0.1, 0.15) is 0 Å². The zero-order chi connectivity index (χ0) is 18.5. The number of halogens is 3. The van der Waals surface area contributed by atoms with Crippen molar-refractivity contribution in [1.29, 1.82) is 0 Å². The van der Waals surface area contributed by atoms with Crippen molar-refractivity contribution in [3.63, 3.8) is 0 Å². The van der Waals surface area contributed by atoms with Gasteiger partial charge in [0.2, 0.25) is 15.9 Å². The SMILES string of the molecule is CNCCN(C)C(=O)C(C)NS(=O)(=O)c1ccccc1C(F)(F)F. The number of benzene rings is 1. The quantitative estimate of drug-likeness (QED) is 0.755. The molecule has 0 aliphatic heterocycles. The van der Waals surface area contributed by atoms with Gasteiger partial charge < -0.3 is 10.2 Å². The van der Waals surface area contributed by atoms with E-state index in [1.807, 2.05) is 4.72 Å². The number of rotatable bonds is 7. The highest BCUT2D eigenvalue weighted by molar-refractivity contribution is 7.89. The highest BCUT2D eigenvalue weighted by atomic mass is 32.2. The highest BCUT2D eigenvalue weighted by Gasteiger charge is 2.37. The van der Waals surface area contributed by atoms with Crippen LogP contribution >= 0.6 is 0 Å². The Labute approximate surface area is 139 Å². The fourth-order valence-corrected chi connectivity index (χ4v) is 3.43. The number of nitrogens with zero attached hydrogens (tertiary/aromatic N) is 1. The standard InChI is InChI=1S/C14H20F3N3O3S/c1-10(13(21)20(3)9-8-18-2)19-24(22,23)12-7-5-4-6-11(12)14(15,16)17/h4-7,10,18-19H,8-9H2,1-3H3. The summed E-state index contributed by atoms with van der Waals surface area (Å²) in [6.07, 6.45) is -4.82. The molecule has 0 spiro atoms. The second kappa shape index (κ2) is 7.95. The van der Waals surface area contributed by atoms with Gasteiger partial charge in [-0.25, -0.2) is 8.42 Å².